The van der Waals surface area contributed by atoms with E-state index in [0.29, 0.717) is 11.7 Å². The average molecular weight is 382 g/mol. The number of aryl methyl sites for hydroxylation is 1. The second kappa shape index (κ2) is 8.86. The van der Waals surface area contributed by atoms with Crippen molar-refractivity contribution in [1.82, 2.24) is 25.2 Å². The number of nitrogens with one attached hydrogen (secondary N) is 1. The lowest BCUT2D eigenvalue weighted by atomic mass is 10.0. The maximum Gasteiger partial charge on any atom is 0.273 e. The standard InChI is InChI=1S/C22H31N5O/c1-2-17-9-11-18(12-10-17)14-26-13-5-8-20(15-26)27-16-21(24-25-27)22(28)23-19-6-3-4-7-19/h9-12,16,19-20H,2-8,13-15H2,1H3,(H,23,28). The van der Waals surface area contributed by atoms with Crippen LogP contribution in [0.5, 0.6) is 0 Å². The molecule has 1 N–H and O–H groups in total. The summed E-state index contributed by atoms with van der Waals surface area (Å²) >= 11 is 0. The molecule has 1 unspecified atom stereocenters. The maximum absolute atomic E-state index is 12.4. The number of likely N-dealkylation sites (tertiary alicyclic amines) is 1. The number of piperidine rings is 1. The highest BCUT2D eigenvalue weighted by Crippen LogP contribution is 2.23. The van der Waals surface area contributed by atoms with Crippen molar-refractivity contribution in [2.24, 2.45) is 0 Å². The summed E-state index contributed by atoms with van der Waals surface area (Å²) in [6.45, 7) is 5.20. The summed E-state index contributed by atoms with van der Waals surface area (Å²) in [6.07, 6.45) is 9.70. The van der Waals surface area contributed by atoms with E-state index < -0.39 is 0 Å². The van der Waals surface area contributed by atoms with E-state index in [2.05, 4.69) is 51.7 Å². The third kappa shape index (κ3) is 4.61. The minimum Gasteiger partial charge on any atom is -0.348 e. The van der Waals surface area contributed by atoms with Crippen molar-refractivity contribution < 1.29 is 4.79 Å². The summed E-state index contributed by atoms with van der Waals surface area (Å²) in [5.41, 5.74) is 3.18. The first-order valence-corrected chi connectivity index (χ1v) is 10.7. The molecule has 1 atom stereocenters. The monoisotopic (exact) mass is 381 g/mol. The van der Waals surface area contributed by atoms with Gasteiger partial charge in [-0.25, -0.2) is 4.68 Å². The molecule has 1 saturated heterocycles. The molecule has 28 heavy (non-hydrogen) atoms. The number of carbonyl (C=O) groups excluding carboxylic acids is 1. The molecule has 0 spiro atoms. The SMILES string of the molecule is CCc1ccc(CN2CCCC(n3cc(C(=O)NC4CCCC4)nn3)C2)cc1. The lowest BCUT2D eigenvalue weighted by molar-refractivity contribution is 0.0932. The Morgan fingerprint density at radius 3 is 2.61 bits per heavy atom. The van der Waals surface area contributed by atoms with E-state index in [0.717, 1.165) is 51.7 Å². The van der Waals surface area contributed by atoms with Crippen molar-refractivity contribution in [2.75, 3.05) is 13.1 Å². The fraction of sp³-hybridized carbons (Fsp3) is 0.591. The predicted molar refractivity (Wildman–Crippen MR) is 109 cm³/mol. The summed E-state index contributed by atoms with van der Waals surface area (Å²) in [7, 11) is 0. The van der Waals surface area contributed by atoms with Crippen LogP contribution in [-0.4, -0.2) is 44.9 Å². The van der Waals surface area contributed by atoms with Gasteiger partial charge in [0.1, 0.15) is 0 Å². The van der Waals surface area contributed by atoms with Crippen LogP contribution >= 0.6 is 0 Å². The zero-order valence-electron chi connectivity index (χ0n) is 16.8. The molecule has 6 nitrogen and oxygen atoms in total. The van der Waals surface area contributed by atoms with Gasteiger partial charge < -0.3 is 5.32 Å². The molecule has 1 aromatic carbocycles. The van der Waals surface area contributed by atoms with Crippen LogP contribution in [0, 0.1) is 0 Å². The molecule has 1 aromatic heterocycles. The van der Waals surface area contributed by atoms with Crippen molar-refractivity contribution in [3.05, 3.63) is 47.3 Å². The molecule has 1 aliphatic carbocycles. The Morgan fingerprint density at radius 2 is 1.86 bits per heavy atom. The van der Waals surface area contributed by atoms with Gasteiger partial charge >= 0.3 is 0 Å². The van der Waals surface area contributed by atoms with Gasteiger partial charge in [0.05, 0.1) is 12.2 Å². The molecular formula is C22H31N5O. The van der Waals surface area contributed by atoms with Crippen molar-refractivity contribution >= 4 is 5.91 Å². The smallest absolute Gasteiger partial charge is 0.273 e. The largest absolute Gasteiger partial charge is 0.348 e. The van der Waals surface area contributed by atoms with Crippen molar-refractivity contribution in [1.29, 1.82) is 0 Å². The number of rotatable bonds is 6. The first kappa shape index (κ1) is 19.1. The molecule has 2 aliphatic rings. The van der Waals surface area contributed by atoms with Gasteiger partial charge in [0.25, 0.3) is 5.91 Å². The number of carbonyl (C=O) groups is 1. The predicted octanol–water partition coefficient (Wildman–Crippen LogP) is 3.35. The normalized spacial score (nSPS) is 21.1. The molecule has 1 aliphatic heterocycles. The maximum atomic E-state index is 12.4. The third-order valence-electron chi connectivity index (χ3n) is 6.13. The molecule has 6 heteroatoms. The Morgan fingerprint density at radius 1 is 1.11 bits per heavy atom. The van der Waals surface area contributed by atoms with Gasteiger partial charge in [-0.05, 0) is 49.8 Å². The van der Waals surface area contributed by atoms with Crippen LogP contribution in [0.15, 0.2) is 30.5 Å². The topological polar surface area (TPSA) is 63.1 Å². The number of hydrogen-bond donors (Lipinski definition) is 1. The van der Waals surface area contributed by atoms with Crippen molar-refractivity contribution in [3.8, 4) is 0 Å². The van der Waals surface area contributed by atoms with E-state index in [1.54, 1.807) is 0 Å². The van der Waals surface area contributed by atoms with E-state index in [1.165, 1.54) is 24.0 Å². The Bertz CT molecular complexity index is 778. The quantitative estimate of drug-likeness (QED) is 0.833. The number of amides is 1. The molecule has 0 radical (unpaired) electrons. The van der Waals surface area contributed by atoms with Gasteiger partial charge in [-0.15, -0.1) is 5.10 Å². The van der Waals surface area contributed by atoms with Crippen LogP contribution in [0.3, 0.4) is 0 Å². The average Bonchev–Trinajstić information content (AvgIpc) is 3.41. The molecule has 2 aromatic rings. The molecular weight excluding hydrogens is 350 g/mol. The van der Waals surface area contributed by atoms with E-state index in [-0.39, 0.29) is 11.9 Å². The number of nitrogens with zero attached hydrogens (tertiary/aromatic N) is 4. The van der Waals surface area contributed by atoms with Gasteiger partial charge in [0, 0.05) is 19.1 Å². The fourth-order valence-electron chi connectivity index (χ4n) is 4.42. The highest BCUT2D eigenvalue weighted by molar-refractivity contribution is 5.92. The van der Waals surface area contributed by atoms with Crippen LogP contribution in [0.25, 0.3) is 0 Å². The minimum atomic E-state index is -0.0816. The van der Waals surface area contributed by atoms with E-state index in [4.69, 9.17) is 0 Å². The van der Waals surface area contributed by atoms with Crippen molar-refractivity contribution in [3.63, 3.8) is 0 Å². The van der Waals surface area contributed by atoms with Gasteiger partial charge in [-0.2, -0.15) is 0 Å². The summed E-state index contributed by atoms with van der Waals surface area (Å²) in [5, 5.41) is 11.5. The lowest BCUT2D eigenvalue weighted by Gasteiger charge is -2.32. The summed E-state index contributed by atoms with van der Waals surface area (Å²) in [4.78, 5) is 14.9. The fourth-order valence-corrected chi connectivity index (χ4v) is 4.42. The molecule has 150 valence electrons. The molecule has 2 fully saturated rings. The van der Waals surface area contributed by atoms with E-state index in [9.17, 15) is 4.79 Å². The van der Waals surface area contributed by atoms with Crippen LogP contribution in [0.2, 0.25) is 0 Å². The third-order valence-corrected chi connectivity index (χ3v) is 6.13. The van der Waals surface area contributed by atoms with Crippen LogP contribution < -0.4 is 5.32 Å². The Hall–Kier alpha value is -2.21. The highest BCUT2D eigenvalue weighted by atomic mass is 16.2. The number of hydrogen-bond acceptors (Lipinski definition) is 4. The first-order valence-electron chi connectivity index (χ1n) is 10.7. The summed E-state index contributed by atoms with van der Waals surface area (Å²) in [5.74, 6) is -0.0816. The number of benzene rings is 1. The molecule has 1 saturated carbocycles. The minimum absolute atomic E-state index is 0.0816. The van der Waals surface area contributed by atoms with Gasteiger partial charge in [-0.1, -0.05) is 49.2 Å². The van der Waals surface area contributed by atoms with Crippen LogP contribution in [0.4, 0.5) is 0 Å². The van der Waals surface area contributed by atoms with Crippen molar-refractivity contribution in [2.45, 2.75) is 70.5 Å². The molecule has 2 heterocycles. The Labute approximate surface area is 167 Å². The zero-order valence-corrected chi connectivity index (χ0v) is 16.8. The lowest BCUT2D eigenvalue weighted by Crippen LogP contribution is -2.36. The van der Waals surface area contributed by atoms with Gasteiger partial charge in [0.15, 0.2) is 5.69 Å². The van der Waals surface area contributed by atoms with E-state index in [1.807, 2.05) is 10.9 Å². The van der Waals surface area contributed by atoms with Gasteiger partial charge in [-0.3, -0.25) is 9.69 Å². The van der Waals surface area contributed by atoms with E-state index >= 15 is 0 Å². The summed E-state index contributed by atoms with van der Waals surface area (Å²) < 4.78 is 1.90. The van der Waals surface area contributed by atoms with Crippen LogP contribution in [0.1, 0.15) is 73.1 Å². The first-order chi connectivity index (χ1) is 13.7. The number of aromatic nitrogens is 3. The molecule has 0 bridgehead atoms. The Kier molecular flexibility index (Phi) is 6.05. The Balaban J connectivity index is 1.35. The molecule has 1 amide bonds. The zero-order chi connectivity index (χ0) is 19.3. The second-order valence-electron chi connectivity index (χ2n) is 8.24. The van der Waals surface area contributed by atoms with Crippen LogP contribution in [-0.2, 0) is 13.0 Å². The summed E-state index contributed by atoms with van der Waals surface area (Å²) in [6, 6.07) is 9.52. The van der Waals surface area contributed by atoms with Gasteiger partial charge in [0.2, 0.25) is 0 Å². The second-order valence-corrected chi connectivity index (χ2v) is 8.24. The molecule has 4 rings (SSSR count). The highest BCUT2D eigenvalue weighted by Gasteiger charge is 2.24.